The molecule has 26 heavy (non-hydrogen) atoms. The van der Waals surface area contributed by atoms with E-state index in [1.165, 1.54) is 16.8 Å². The van der Waals surface area contributed by atoms with Gasteiger partial charge >= 0.3 is 0 Å². The van der Waals surface area contributed by atoms with Crippen LogP contribution in [0, 0.1) is 5.92 Å². The van der Waals surface area contributed by atoms with Gasteiger partial charge in [-0.15, -0.1) is 0 Å². The Bertz CT molecular complexity index is 700. The summed E-state index contributed by atoms with van der Waals surface area (Å²) in [4.78, 5) is 5.04. The average Bonchev–Trinajstić information content (AvgIpc) is 3.13. The molecule has 2 N–H and O–H groups in total. The first-order valence-corrected chi connectivity index (χ1v) is 9.73. The van der Waals surface area contributed by atoms with Crippen LogP contribution in [0.25, 0.3) is 0 Å². The van der Waals surface area contributed by atoms with Gasteiger partial charge in [-0.1, -0.05) is 48.5 Å². The van der Waals surface area contributed by atoms with Crippen LogP contribution in [-0.2, 0) is 11.3 Å². The molecule has 2 heterocycles. The molecule has 2 aliphatic rings. The van der Waals surface area contributed by atoms with E-state index in [0.29, 0.717) is 11.8 Å². The van der Waals surface area contributed by atoms with Gasteiger partial charge in [0.15, 0.2) is 0 Å². The highest BCUT2D eigenvalue weighted by Gasteiger charge is 2.33. The molecule has 4 nitrogen and oxygen atoms in total. The lowest BCUT2D eigenvalue weighted by molar-refractivity contribution is 0.122. The Morgan fingerprint density at radius 3 is 2.42 bits per heavy atom. The molecule has 0 radical (unpaired) electrons. The van der Waals surface area contributed by atoms with E-state index >= 15 is 0 Å². The normalized spacial score (nSPS) is 24.1. The molecule has 0 aromatic heterocycles. The number of nitrogens with zero attached hydrogens (tertiary/aromatic N) is 2. The molecule has 2 aliphatic heterocycles. The summed E-state index contributed by atoms with van der Waals surface area (Å²) in [5.41, 5.74) is 10.3. The minimum absolute atomic E-state index is 0.535. The van der Waals surface area contributed by atoms with Gasteiger partial charge in [-0.3, -0.25) is 4.90 Å². The number of anilines is 1. The van der Waals surface area contributed by atoms with Gasteiger partial charge in [0.25, 0.3) is 0 Å². The predicted molar refractivity (Wildman–Crippen MR) is 106 cm³/mol. The number of hydrogen-bond donors (Lipinski definition) is 1. The summed E-state index contributed by atoms with van der Waals surface area (Å²) >= 11 is 0. The van der Waals surface area contributed by atoms with Crippen molar-refractivity contribution in [1.29, 1.82) is 0 Å². The molecule has 4 heteroatoms. The van der Waals surface area contributed by atoms with Crippen LogP contribution in [0.3, 0.4) is 0 Å². The van der Waals surface area contributed by atoms with Gasteiger partial charge in [-0.05, 0) is 29.7 Å². The fourth-order valence-electron chi connectivity index (χ4n) is 4.40. The van der Waals surface area contributed by atoms with Gasteiger partial charge < -0.3 is 15.4 Å². The predicted octanol–water partition coefficient (Wildman–Crippen LogP) is 2.70. The number of benzene rings is 2. The van der Waals surface area contributed by atoms with Gasteiger partial charge in [0.2, 0.25) is 0 Å². The first-order chi connectivity index (χ1) is 12.8. The largest absolute Gasteiger partial charge is 0.378 e. The Balaban J connectivity index is 1.50. The monoisotopic (exact) mass is 351 g/mol. The Morgan fingerprint density at radius 2 is 1.65 bits per heavy atom. The van der Waals surface area contributed by atoms with E-state index in [-0.39, 0.29) is 0 Å². The highest BCUT2D eigenvalue weighted by molar-refractivity contribution is 5.54. The second kappa shape index (κ2) is 8.21. The third kappa shape index (κ3) is 3.78. The molecule has 0 bridgehead atoms. The van der Waals surface area contributed by atoms with Crippen molar-refractivity contribution in [3.8, 4) is 0 Å². The minimum atomic E-state index is 0.535. The van der Waals surface area contributed by atoms with Gasteiger partial charge in [0.1, 0.15) is 0 Å². The van der Waals surface area contributed by atoms with Crippen LogP contribution < -0.4 is 10.6 Å². The molecule has 2 aromatic rings. The van der Waals surface area contributed by atoms with Crippen molar-refractivity contribution in [2.24, 2.45) is 11.7 Å². The van der Waals surface area contributed by atoms with Crippen LogP contribution in [0.4, 0.5) is 5.69 Å². The molecular weight excluding hydrogens is 322 g/mol. The first kappa shape index (κ1) is 17.5. The van der Waals surface area contributed by atoms with Crippen molar-refractivity contribution in [1.82, 2.24) is 4.90 Å². The number of rotatable bonds is 5. The first-order valence-electron chi connectivity index (χ1n) is 9.73. The summed E-state index contributed by atoms with van der Waals surface area (Å²) < 4.78 is 5.52. The molecule has 4 rings (SSSR count). The molecule has 138 valence electrons. The van der Waals surface area contributed by atoms with Crippen LogP contribution in [0.15, 0.2) is 54.6 Å². The van der Waals surface area contributed by atoms with E-state index < -0.39 is 0 Å². The van der Waals surface area contributed by atoms with E-state index in [1.54, 1.807) is 0 Å². The van der Waals surface area contributed by atoms with Gasteiger partial charge in [0, 0.05) is 44.3 Å². The lowest BCUT2D eigenvalue weighted by atomic mass is 9.89. The van der Waals surface area contributed by atoms with Crippen molar-refractivity contribution in [2.45, 2.75) is 12.5 Å². The van der Waals surface area contributed by atoms with E-state index in [4.69, 9.17) is 10.5 Å². The van der Waals surface area contributed by atoms with Crippen molar-refractivity contribution < 1.29 is 4.74 Å². The molecule has 2 atom stereocenters. The summed E-state index contributed by atoms with van der Waals surface area (Å²) in [6.45, 7) is 7.52. The zero-order valence-electron chi connectivity index (χ0n) is 15.4. The quantitative estimate of drug-likeness (QED) is 0.899. The van der Waals surface area contributed by atoms with Crippen molar-refractivity contribution in [3.05, 3.63) is 65.7 Å². The van der Waals surface area contributed by atoms with Crippen LogP contribution >= 0.6 is 0 Å². The van der Waals surface area contributed by atoms with Gasteiger partial charge in [-0.2, -0.15) is 0 Å². The summed E-state index contributed by atoms with van der Waals surface area (Å²) in [5, 5.41) is 0. The highest BCUT2D eigenvalue weighted by Crippen LogP contribution is 2.34. The van der Waals surface area contributed by atoms with E-state index in [2.05, 4.69) is 64.4 Å². The molecule has 0 saturated carbocycles. The second-order valence-corrected chi connectivity index (χ2v) is 7.44. The lowest BCUT2D eigenvalue weighted by Crippen LogP contribution is -2.37. The third-order valence-corrected chi connectivity index (χ3v) is 5.78. The van der Waals surface area contributed by atoms with Crippen molar-refractivity contribution >= 4 is 5.69 Å². The van der Waals surface area contributed by atoms with E-state index in [1.807, 2.05) is 0 Å². The molecule has 2 fully saturated rings. The van der Waals surface area contributed by atoms with E-state index in [9.17, 15) is 0 Å². The van der Waals surface area contributed by atoms with Gasteiger partial charge in [0.05, 0.1) is 13.2 Å². The average molecular weight is 351 g/mol. The Kier molecular flexibility index (Phi) is 5.54. The number of hydrogen-bond acceptors (Lipinski definition) is 4. The molecule has 0 aliphatic carbocycles. The molecular formula is C22H29N3O. The van der Waals surface area contributed by atoms with Crippen LogP contribution in [0.5, 0.6) is 0 Å². The van der Waals surface area contributed by atoms with Gasteiger partial charge in [-0.25, -0.2) is 0 Å². The second-order valence-electron chi connectivity index (χ2n) is 7.44. The molecule has 0 spiro atoms. The van der Waals surface area contributed by atoms with Crippen LogP contribution in [0.1, 0.15) is 17.0 Å². The fourth-order valence-corrected chi connectivity index (χ4v) is 4.40. The highest BCUT2D eigenvalue weighted by atomic mass is 16.5. The maximum absolute atomic E-state index is 6.12. The topological polar surface area (TPSA) is 41.7 Å². The summed E-state index contributed by atoms with van der Waals surface area (Å²) in [6.07, 6.45) is 0. The van der Waals surface area contributed by atoms with Crippen molar-refractivity contribution in [3.63, 3.8) is 0 Å². The van der Waals surface area contributed by atoms with E-state index in [0.717, 1.165) is 52.5 Å². The zero-order chi connectivity index (χ0) is 17.8. The number of likely N-dealkylation sites (tertiary alicyclic amines) is 1. The van der Waals surface area contributed by atoms with Crippen LogP contribution in [-0.4, -0.2) is 50.8 Å². The van der Waals surface area contributed by atoms with Crippen LogP contribution in [0.2, 0.25) is 0 Å². The molecule has 0 amide bonds. The zero-order valence-corrected chi connectivity index (χ0v) is 15.4. The number of para-hydroxylation sites is 1. The SMILES string of the molecule is NC[C@@H]1CN(Cc2ccccc2N2CCOCC2)C[C@H]1c1ccccc1. The fraction of sp³-hybridized carbons (Fsp3) is 0.455. The molecule has 0 unspecified atom stereocenters. The maximum Gasteiger partial charge on any atom is 0.0642 e. The smallest absolute Gasteiger partial charge is 0.0642 e. The Hall–Kier alpha value is -1.88. The maximum atomic E-state index is 6.12. The standard InChI is InChI=1S/C22H29N3O/c23-14-20-16-24(17-21(20)18-6-2-1-3-7-18)15-19-8-4-5-9-22(19)25-10-12-26-13-11-25/h1-9,20-21H,10-17,23H2/t20-,21+/m1/s1. The third-order valence-electron chi connectivity index (χ3n) is 5.78. The molecule has 2 aromatic carbocycles. The summed E-state index contributed by atoms with van der Waals surface area (Å²) in [7, 11) is 0. The Morgan fingerprint density at radius 1 is 0.923 bits per heavy atom. The van der Waals surface area contributed by atoms with Crippen molar-refractivity contribution in [2.75, 3.05) is 50.8 Å². The summed E-state index contributed by atoms with van der Waals surface area (Å²) in [5.74, 6) is 1.07. The molecule has 2 saturated heterocycles. The number of morpholine rings is 1. The lowest BCUT2D eigenvalue weighted by Gasteiger charge is -2.31. The number of ether oxygens (including phenoxy) is 1. The summed E-state index contributed by atoms with van der Waals surface area (Å²) in [6, 6.07) is 19.7. The minimum Gasteiger partial charge on any atom is -0.378 e. The Labute approximate surface area is 156 Å². The number of nitrogens with two attached hydrogens (primary N) is 1.